The largest absolute Gasteiger partial charge is 0.458 e. The van der Waals surface area contributed by atoms with E-state index in [-0.39, 0.29) is 11.8 Å². The number of aliphatic imine (C=N–C) groups is 1. The molecule has 4 rings (SSSR count). The Bertz CT molecular complexity index is 1050. The third-order valence-electron chi connectivity index (χ3n) is 6.00. The van der Waals surface area contributed by atoms with E-state index in [1.807, 2.05) is 25.3 Å². The summed E-state index contributed by atoms with van der Waals surface area (Å²) in [5, 5.41) is 2.87. The number of likely N-dealkylation sites (N-methyl/N-ethyl adjacent to an activating group) is 1. The van der Waals surface area contributed by atoms with Crippen LogP contribution in [0.5, 0.6) is 0 Å². The zero-order chi connectivity index (χ0) is 23.1. The van der Waals surface area contributed by atoms with Crippen molar-refractivity contribution < 1.29 is 19.1 Å². The van der Waals surface area contributed by atoms with Gasteiger partial charge in [0.2, 0.25) is 0 Å². The molecule has 0 radical (unpaired) electrons. The molecule has 3 aliphatic rings. The second kappa shape index (κ2) is 8.13. The smallest absolute Gasteiger partial charge is 0.349 e. The van der Waals surface area contributed by atoms with Gasteiger partial charge in [0.25, 0.3) is 11.4 Å². The summed E-state index contributed by atoms with van der Waals surface area (Å²) in [6, 6.07) is 7.15. The van der Waals surface area contributed by atoms with Crippen molar-refractivity contribution in [1.29, 1.82) is 0 Å². The number of carbonyl (C=O) groups is 3. The first-order valence-electron chi connectivity index (χ1n) is 11.0. The van der Waals surface area contributed by atoms with Crippen molar-refractivity contribution in [1.82, 2.24) is 10.2 Å². The summed E-state index contributed by atoms with van der Waals surface area (Å²) >= 11 is 0. The Morgan fingerprint density at radius 3 is 2.47 bits per heavy atom. The quantitative estimate of drug-likeness (QED) is 0.580. The molecule has 1 amide bonds. The van der Waals surface area contributed by atoms with Gasteiger partial charge in [0.05, 0.1) is 6.04 Å². The minimum absolute atomic E-state index is 0.0300. The first-order valence-corrected chi connectivity index (χ1v) is 11.0. The van der Waals surface area contributed by atoms with E-state index in [2.05, 4.69) is 10.2 Å². The second-order valence-electron chi connectivity index (χ2n) is 9.54. The first-order chi connectivity index (χ1) is 15.1. The van der Waals surface area contributed by atoms with Gasteiger partial charge in [0.1, 0.15) is 11.4 Å². The Hall–Kier alpha value is -3.06. The predicted molar refractivity (Wildman–Crippen MR) is 122 cm³/mol. The van der Waals surface area contributed by atoms with Crippen molar-refractivity contribution in [2.45, 2.75) is 57.2 Å². The van der Waals surface area contributed by atoms with Gasteiger partial charge in [-0.3, -0.25) is 14.5 Å². The molecule has 2 heterocycles. The maximum absolute atomic E-state index is 13.4. The number of ketones is 1. The van der Waals surface area contributed by atoms with Gasteiger partial charge in [0.15, 0.2) is 5.78 Å². The Morgan fingerprint density at radius 2 is 1.91 bits per heavy atom. The van der Waals surface area contributed by atoms with Crippen LogP contribution in [0, 0.1) is 0 Å². The predicted octanol–water partition coefficient (Wildman–Crippen LogP) is 2.76. The fraction of sp³-hybridized carbons (Fsp3) is 0.440. The van der Waals surface area contributed by atoms with E-state index in [9.17, 15) is 14.4 Å². The van der Waals surface area contributed by atoms with Crippen LogP contribution in [0.2, 0.25) is 0 Å². The first kappa shape index (κ1) is 22.1. The van der Waals surface area contributed by atoms with Crippen LogP contribution in [-0.2, 0) is 24.7 Å². The number of benzene rings is 1. The highest BCUT2D eigenvalue weighted by Gasteiger charge is 2.55. The summed E-state index contributed by atoms with van der Waals surface area (Å²) in [7, 11) is 1.99. The number of hydrogen-bond donors (Lipinski definition) is 1. The number of amides is 1. The second-order valence-corrected chi connectivity index (χ2v) is 9.54. The molecule has 32 heavy (non-hydrogen) atoms. The van der Waals surface area contributed by atoms with Crippen LogP contribution in [0.3, 0.4) is 0 Å². The highest BCUT2D eigenvalue weighted by molar-refractivity contribution is 6.20. The third kappa shape index (κ3) is 4.05. The van der Waals surface area contributed by atoms with Crippen molar-refractivity contribution in [2.24, 2.45) is 4.99 Å². The fourth-order valence-electron chi connectivity index (χ4n) is 4.33. The van der Waals surface area contributed by atoms with Crippen molar-refractivity contribution in [2.75, 3.05) is 13.6 Å². The summed E-state index contributed by atoms with van der Waals surface area (Å²) in [4.78, 5) is 45.0. The van der Waals surface area contributed by atoms with Crippen molar-refractivity contribution in [3.8, 4) is 0 Å². The van der Waals surface area contributed by atoms with Gasteiger partial charge >= 0.3 is 5.97 Å². The standard InChI is InChI=1S/C25H29N3O4/c1-24(2,3)32-23(31)25(22(30)26-21(27-25)20-6-5-15-28(20)4)18-11-7-16(8-12-18)17-9-13-19(29)14-10-17/h7-13,20H,5-6,14-15H2,1-4H3,(H,26,27,30). The number of amidine groups is 1. The third-order valence-corrected chi connectivity index (χ3v) is 6.00. The molecule has 1 N–H and O–H groups in total. The molecule has 168 valence electrons. The van der Waals surface area contributed by atoms with Gasteiger partial charge in [-0.2, -0.15) is 0 Å². The number of ether oxygens (including phenoxy) is 1. The van der Waals surface area contributed by atoms with Crippen molar-refractivity contribution in [3.05, 3.63) is 53.6 Å². The van der Waals surface area contributed by atoms with Gasteiger partial charge < -0.3 is 10.1 Å². The number of hydrogen-bond acceptors (Lipinski definition) is 6. The number of rotatable bonds is 4. The van der Waals surface area contributed by atoms with E-state index in [0.29, 0.717) is 17.8 Å². The minimum Gasteiger partial charge on any atom is -0.458 e. The molecule has 1 aliphatic carbocycles. The lowest BCUT2D eigenvalue weighted by atomic mass is 9.88. The van der Waals surface area contributed by atoms with Gasteiger partial charge in [0, 0.05) is 12.0 Å². The molecule has 0 aromatic heterocycles. The molecule has 1 aromatic rings. The SMILES string of the molecule is CN1CCCC1C1=NC(C(=O)OC(C)(C)C)(c2ccc(C3=CCC(=O)C=C3)cc2)C(=O)N1. The molecule has 1 saturated heterocycles. The van der Waals surface area contributed by atoms with Crippen LogP contribution in [0.1, 0.15) is 51.2 Å². The molecule has 1 fully saturated rings. The van der Waals surface area contributed by atoms with Gasteiger partial charge in [-0.15, -0.1) is 0 Å². The fourth-order valence-corrected chi connectivity index (χ4v) is 4.33. The molecule has 7 nitrogen and oxygen atoms in total. The minimum atomic E-state index is -1.78. The summed E-state index contributed by atoms with van der Waals surface area (Å²) in [6.07, 6.45) is 7.45. The van der Waals surface area contributed by atoms with E-state index < -0.39 is 23.0 Å². The van der Waals surface area contributed by atoms with Gasteiger partial charge in [-0.05, 0) is 64.4 Å². The van der Waals surface area contributed by atoms with Crippen LogP contribution in [0.25, 0.3) is 5.57 Å². The molecule has 0 spiro atoms. The lowest BCUT2D eigenvalue weighted by Crippen LogP contribution is -2.48. The Kier molecular flexibility index (Phi) is 5.63. The Morgan fingerprint density at radius 1 is 1.19 bits per heavy atom. The molecular formula is C25H29N3O4. The molecule has 7 heteroatoms. The average Bonchev–Trinajstić information content (AvgIpc) is 3.31. The molecule has 0 bridgehead atoms. The average molecular weight is 436 g/mol. The topological polar surface area (TPSA) is 88.1 Å². The van der Waals surface area contributed by atoms with E-state index in [1.54, 1.807) is 45.1 Å². The highest BCUT2D eigenvalue weighted by Crippen LogP contribution is 2.36. The number of esters is 1. The van der Waals surface area contributed by atoms with Gasteiger partial charge in [-0.1, -0.05) is 36.4 Å². The normalized spacial score (nSPS) is 26.1. The maximum atomic E-state index is 13.4. The van der Waals surface area contributed by atoms with E-state index in [1.165, 1.54) is 0 Å². The van der Waals surface area contributed by atoms with Crippen LogP contribution in [0.4, 0.5) is 0 Å². The number of allylic oxidation sites excluding steroid dienone is 4. The van der Waals surface area contributed by atoms with Crippen LogP contribution >= 0.6 is 0 Å². The van der Waals surface area contributed by atoms with Crippen molar-refractivity contribution in [3.63, 3.8) is 0 Å². The van der Waals surface area contributed by atoms with Crippen LogP contribution in [0.15, 0.2) is 47.5 Å². The molecule has 2 aliphatic heterocycles. The molecule has 2 unspecified atom stereocenters. The highest BCUT2D eigenvalue weighted by atomic mass is 16.6. The Labute approximate surface area is 188 Å². The lowest BCUT2D eigenvalue weighted by Gasteiger charge is -2.28. The number of nitrogens with zero attached hydrogens (tertiary/aromatic N) is 2. The summed E-state index contributed by atoms with van der Waals surface area (Å²) in [6.45, 7) is 6.23. The summed E-state index contributed by atoms with van der Waals surface area (Å²) in [5.74, 6) is -0.595. The summed E-state index contributed by atoms with van der Waals surface area (Å²) < 4.78 is 5.67. The number of carbonyl (C=O) groups excluding carboxylic acids is 3. The van der Waals surface area contributed by atoms with E-state index in [0.717, 1.165) is 30.5 Å². The van der Waals surface area contributed by atoms with E-state index in [4.69, 9.17) is 9.73 Å². The molecular weight excluding hydrogens is 406 g/mol. The molecule has 1 aromatic carbocycles. The van der Waals surface area contributed by atoms with E-state index >= 15 is 0 Å². The monoisotopic (exact) mass is 435 g/mol. The number of nitrogens with one attached hydrogen (secondary N) is 1. The van der Waals surface area contributed by atoms with Crippen LogP contribution in [-0.4, -0.2) is 53.6 Å². The number of likely N-dealkylation sites (tertiary alicyclic amines) is 1. The summed E-state index contributed by atoms with van der Waals surface area (Å²) in [5.41, 5.74) is -0.265. The molecule has 0 saturated carbocycles. The Balaban J connectivity index is 1.74. The lowest BCUT2D eigenvalue weighted by molar-refractivity contribution is -0.164. The van der Waals surface area contributed by atoms with Crippen LogP contribution < -0.4 is 5.32 Å². The van der Waals surface area contributed by atoms with Gasteiger partial charge in [-0.25, -0.2) is 9.79 Å². The van der Waals surface area contributed by atoms with Crippen molar-refractivity contribution >= 4 is 29.1 Å². The maximum Gasteiger partial charge on any atom is 0.349 e. The molecule has 2 atom stereocenters. The zero-order valence-electron chi connectivity index (χ0n) is 19.0. The zero-order valence-corrected chi connectivity index (χ0v) is 19.0.